The van der Waals surface area contributed by atoms with Crippen LogP contribution in [-0.2, 0) is 6.54 Å². The summed E-state index contributed by atoms with van der Waals surface area (Å²) in [6.07, 6.45) is 9.19. The average Bonchev–Trinajstić information content (AvgIpc) is 3.72. The van der Waals surface area contributed by atoms with Crippen molar-refractivity contribution in [3.8, 4) is 34.0 Å². The second-order valence-electron chi connectivity index (χ2n) is 9.15. The van der Waals surface area contributed by atoms with Gasteiger partial charge in [-0.2, -0.15) is 15.0 Å². The summed E-state index contributed by atoms with van der Waals surface area (Å²) in [5.74, 6) is -0.712. The molecule has 0 amide bonds. The molecular weight excluding hydrogens is 563 g/mol. The van der Waals surface area contributed by atoms with Gasteiger partial charge in [0, 0.05) is 41.0 Å². The summed E-state index contributed by atoms with van der Waals surface area (Å²) in [6.45, 7) is 0.113. The van der Waals surface area contributed by atoms with Crippen molar-refractivity contribution in [2.45, 2.75) is 12.6 Å². The Labute approximate surface area is 241 Å². The van der Waals surface area contributed by atoms with Gasteiger partial charge in [-0.1, -0.05) is 17.7 Å². The molecule has 12 nitrogen and oxygen atoms in total. The monoisotopic (exact) mass is 581 g/mol. The van der Waals surface area contributed by atoms with E-state index in [2.05, 4.69) is 25.6 Å². The van der Waals surface area contributed by atoms with Gasteiger partial charge in [-0.15, -0.1) is 5.10 Å². The highest BCUT2D eigenvalue weighted by molar-refractivity contribution is 6.31. The fourth-order valence-electron chi connectivity index (χ4n) is 4.63. The lowest BCUT2D eigenvalue weighted by Crippen LogP contribution is -2.40. The van der Waals surface area contributed by atoms with Crippen LogP contribution >= 0.6 is 11.6 Å². The Kier molecular flexibility index (Phi) is 6.95. The van der Waals surface area contributed by atoms with E-state index in [1.165, 1.54) is 40.1 Å². The molecule has 0 aliphatic heterocycles. The summed E-state index contributed by atoms with van der Waals surface area (Å²) in [7, 11) is 0. The number of tetrazole rings is 1. The molecular formula is C28H19ClFN10O2+. The molecule has 206 valence electrons. The fourth-order valence-corrected chi connectivity index (χ4v) is 4.79. The van der Waals surface area contributed by atoms with E-state index in [0.29, 0.717) is 22.5 Å². The number of aromatic nitrogens is 9. The molecule has 1 aromatic carbocycles. The molecule has 0 aliphatic carbocycles. The maximum Gasteiger partial charge on any atom is 0.260 e. The first kappa shape index (κ1) is 26.5. The minimum absolute atomic E-state index is 0.0762. The number of pyridine rings is 3. The summed E-state index contributed by atoms with van der Waals surface area (Å²) in [5.41, 5.74) is 2.48. The van der Waals surface area contributed by atoms with E-state index >= 15 is 4.39 Å². The zero-order chi connectivity index (χ0) is 29.2. The van der Waals surface area contributed by atoms with E-state index in [4.69, 9.17) is 11.6 Å². The van der Waals surface area contributed by atoms with Gasteiger partial charge in [-0.3, -0.25) is 14.7 Å². The molecule has 0 aliphatic rings. The van der Waals surface area contributed by atoms with Crippen molar-refractivity contribution in [3.05, 3.63) is 124 Å². The molecule has 6 rings (SSSR count). The second-order valence-corrected chi connectivity index (χ2v) is 9.56. The molecule has 1 atom stereocenters. The lowest BCUT2D eigenvalue weighted by atomic mass is 10.0. The van der Waals surface area contributed by atoms with Gasteiger partial charge in [0.15, 0.2) is 11.9 Å². The number of hydrogen-bond acceptors (Lipinski definition) is 8. The van der Waals surface area contributed by atoms with Crippen LogP contribution in [0.4, 0.5) is 4.39 Å². The summed E-state index contributed by atoms with van der Waals surface area (Å²) in [5, 5.41) is 36.0. The third-order valence-electron chi connectivity index (χ3n) is 6.66. The van der Waals surface area contributed by atoms with Crippen LogP contribution in [0.3, 0.4) is 0 Å². The molecule has 6 aromatic rings. The number of halogens is 2. The molecule has 0 fully saturated rings. The fraction of sp³-hybridized carbons (Fsp3) is 0.0714. The summed E-state index contributed by atoms with van der Waals surface area (Å²) in [4.78, 5) is 16.6. The Morgan fingerprint density at radius 2 is 2.00 bits per heavy atom. The van der Waals surface area contributed by atoms with E-state index in [1.54, 1.807) is 65.7 Å². The van der Waals surface area contributed by atoms with Gasteiger partial charge in [0.2, 0.25) is 6.20 Å². The van der Waals surface area contributed by atoms with Crippen LogP contribution in [-0.4, -0.2) is 44.7 Å². The van der Waals surface area contributed by atoms with Crippen molar-refractivity contribution in [1.82, 2.24) is 39.5 Å². The molecule has 0 spiro atoms. The van der Waals surface area contributed by atoms with Crippen molar-refractivity contribution in [1.29, 1.82) is 5.26 Å². The van der Waals surface area contributed by atoms with E-state index in [1.807, 2.05) is 6.07 Å². The van der Waals surface area contributed by atoms with Crippen LogP contribution in [0.5, 0.6) is 0 Å². The SMILES string of the molecule is N#Cc1cc(-c2cnn(C(Cn3ccccc3=O)c3ccc(-c4c(-n5cnnn5)ccc(Cl)c4F)c[n+]3O)c2)ccn1. The van der Waals surface area contributed by atoms with Crippen molar-refractivity contribution >= 4 is 11.6 Å². The lowest BCUT2D eigenvalue weighted by molar-refractivity contribution is -0.910. The van der Waals surface area contributed by atoms with Crippen LogP contribution in [0, 0.1) is 17.1 Å². The van der Waals surface area contributed by atoms with E-state index in [9.17, 15) is 15.3 Å². The highest BCUT2D eigenvalue weighted by Crippen LogP contribution is 2.33. The maximum absolute atomic E-state index is 15.4. The van der Waals surface area contributed by atoms with Gasteiger partial charge < -0.3 is 4.57 Å². The van der Waals surface area contributed by atoms with E-state index in [0.717, 1.165) is 10.3 Å². The van der Waals surface area contributed by atoms with Gasteiger partial charge in [0.1, 0.15) is 18.1 Å². The molecule has 14 heteroatoms. The van der Waals surface area contributed by atoms with Gasteiger partial charge >= 0.3 is 0 Å². The van der Waals surface area contributed by atoms with Gasteiger partial charge in [-0.25, -0.2) is 9.37 Å². The van der Waals surface area contributed by atoms with Crippen molar-refractivity contribution in [2.75, 3.05) is 0 Å². The zero-order valence-electron chi connectivity index (χ0n) is 21.5. The predicted octanol–water partition coefficient (Wildman–Crippen LogP) is 3.23. The Balaban J connectivity index is 1.45. The number of rotatable bonds is 7. The molecule has 1 N–H and O–H groups in total. The molecule has 1 unspecified atom stereocenters. The molecule has 42 heavy (non-hydrogen) atoms. The van der Waals surface area contributed by atoms with Crippen LogP contribution in [0.1, 0.15) is 17.4 Å². The Bertz CT molecular complexity index is 2020. The normalized spacial score (nSPS) is 11.7. The Morgan fingerprint density at radius 3 is 2.76 bits per heavy atom. The smallest absolute Gasteiger partial charge is 0.260 e. The van der Waals surface area contributed by atoms with Crippen LogP contribution < -0.4 is 10.3 Å². The van der Waals surface area contributed by atoms with Crippen LogP contribution in [0.15, 0.2) is 96.7 Å². The summed E-state index contributed by atoms with van der Waals surface area (Å²) >= 11 is 6.10. The Hall–Kier alpha value is -5.74. The zero-order valence-corrected chi connectivity index (χ0v) is 22.3. The molecule has 0 bridgehead atoms. The third kappa shape index (κ3) is 4.98. The maximum atomic E-state index is 15.4. The molecule has 5 heterocycles. The van der Waals surface area contributed by atoms with Crippen molar-refractivity contribution < 1.29 is 14.3 Å². The average molecular weight is 582 g/mol. The van der Waals surface area contributed by atoms with Crippen LogP contribution in [0.25, 0.3) is 27.9 Å². The Morgan fingerprint density at radius 1 is 1.12 bits per heavy atom. The first-order valence-electron chi connectivity index (χ1n) is 12.5. The van der Waals surface area contributed by atoms with Gasteiger partial charge in [-0.05, 0) is 52.4 Å². The standard InChI is InChI=1S/C28H19ClFN10O2/c29-22-5-7-24(39-17-33-35-36-39)27(28(22)30)19-4-6-23(40(42)15-19)25(16-37-10-2-1-3-26(37)41)38-14-20(13-34-38)18-8-9-32-21(11-18)12-31/h1-11,13-15,17,25,42H,16H2/q+1. The first-order chi connectivity index (χ1) is 20.4. The molecule has 0 saturated heterocycles. The van der Waals surface area contributed by atoms with E-state index < -0.39 is 11.9 Å². The van der Waals surface area contributed by atoms with Crippen LogP contribution in [0.2, 0.25) is 5.02 Å². The first-order valence-corrected chi connectivity index (χ1v) is 12.8. The number of nitrogens with zero attached hydrogens (tertiary/aromatic N) is 10. The topological polar surface area (TPSA) is 144 Å². The minimum Gasteiger partial charge on any atom is -0.313 e. The quantitative estimate of drug-likeness (QED) is 0.223. The third-order valence-corrected chi connectivity index (χ3v) is 6.95. The predicted molar refractivity (Wildman–Crippen MR) is 146 cm³/mol. The molecule has 5 aromatic heterocycles. The minimum atomic E-state index is -0.712. The number of benzene rings is 1. The number of hydrogen-bond donors (Lipinski definition) is 1. The van der Waals surface area contributed by atoms with Crippen molar-refractivity contribution in [3.63, 3.8) is 0 Å². The number of nitriles is 1. The molecule has 0 radical (unpaired) electrons. The summed E-state index contributed by atoms with van der Waals surface area (Å²) in [6, 6.07) is 15.7. The van der Waals surface area contributed by atoms with Gasteiger partial charge in [0.25, 0.3) is 11.3 Å². The van der Waals surface area contributed by atoms with E-state index in [-0.39, 0.29) is 28.4 Å². The lowest BCUT2D eigenvalue weighted by Gasteiger charge is -2.17. The summed E-state index contributed by atoms with van der Waals surface area (Å²) < 4.78 is 20.6. The van der Waals surface area contributed by atoms with Crippen molar-refractivity contribution in [2.24, 2.45) is 0 Å². The highest BCUT2D eigenvalue weighted by Gasteiger charge is 2.29. The molecule has 0 saturated carbocycles. The van der Waals surface area contributed by atoms with Gasteiger partial charge in [0.05, 0.1) is 34.6 Å². The highest BCUT2D eigenvalue weighted by atomic mass is 35.5. The largest absolute Gasteiger partial charge is 0.313 e. The second kappa shape index (κ2) is 11.0.